The van der Waals surface area contributed by atoms with Crippen molar-refractivity contribution in [2.24, 2.45) is 0 Å². The van der Waals surface area contributed by atoms with Crippen molar-refractivity contribution in [3.63, 3.8) is 0 Å². The first-order valence-electron chi connectivity index (χ1n) is 5.22. The SMILES string of the molecule is COc1c(C)c(C)nc2c1CCCC2=O. The van der Waals surface area contributed by atoms with Gasteiger partial charge in [-0.1, -0.05) is 0 Å². The van der Waals surface area contributed by atoms with Crippen LogP contribution in [0.3, 0.4) is 0 Å². The van der Waals surface area contributed by atoms with E-state index in [1.54, 1.807) is 7.11 Å². The van der Waals surface area contributed by atoms with Gasteiger partial charge in [-0.2, -0.15) is 0 Å². The molecule has 2 rings (SSSR count). The van der Waals surface area contributed by atoms with Gasteiger partial charge in [0.2, 0.25) is 0 Å². The highest BCUT2D eigenvalue weighted by Gasteiger charge is 2.24. The van der Waals surface area contributed by atoms with Gasteiger partial charge in [-0.3, -0.25) is 4.79 Å². The average molecular weight is 205 g/mol. The van der Waals surface area contributed by atoms with Crippen molar-refractivity contribution in [1.82, 2.24) is 4.98 Å². The Labute approximate surface area is 89.5 Å². The standard InChI is InChI=1S/C12H15NO2/c1-7-8(2)13-11-9(12(7)15-3)5-4-6-10(11)14/h4-6H2,1-3H3. The quantitative estimate of drug-likeness (QED) is 0.705. The number of hydrogen-bond donors (Lipinski definition) is 0. The van der Waals surface area contributed by atoms with E-state index in [1.807, 2.05) is 13.8 Å². The van der Waals surface area contributed by atoms with Crippen molar-refractivity contribution in [3.05, 3.63) is 22.5 Å². The molecule has 0 radical (unpaired) electrons. The van der Waals surface area contributed by atoms with Gasteiger partial charge in [0.15, 0.2) is 5.78 Å². The van der Waals surface area contributed by atoms with E-state index in [9.17, 15) is 4.79 Å². The minimum atomic E-state index is 0.151. The van der Waals surface area contributed by atoms with Crippen molar-refractivity contribution in [2.75, 3.05) is 7.11 Å². The van der Waals surface area contributed by atoms with E-state index >= 15 is 0 Å². The number of ether oxygens (including phenoxy) is 1. The number of carbonyl (C=O) groups is 1. The van der Waals surface area contributed by atoms with E-state index in [1.165, 1.54) is 0 Å². The molecular formula is C12H15NO2. The summed E-state index contributed by atoms with van der Waals surface area (Å²) in [5.41, 5.74) is 3.56. The summed E-state index contributed by atoms with van der Waals surface area (Å²) in [6.45, 7) is 3.90. The Kier molecular flexibility index (Phi) is 2.47. The topological polar surface area (TPSA) is 39.2 Å². The number of Topliss-reactive ketones (excluding diaryl/α,β-unsaturated/α-hetero) is 1. The van der Waals surface area contributed by atoms with Crippen LogP contribution in [0.15, 0.2) is 0 Å². The predicted octanol–water partition coefficient (Wildman–Crippen LogP) is 2.23. The molecule has 0 unspecified atom stereocenters. The molecule has 0 bridgehead atoms. The average Bonchev–Trinajstić information content (AvgIpc) is 2.22. The van der Waals surface area contributed by atoms with E-state index in [0.29, 0.717) is 12.1 Å². The second-order valence-electron chi connectivity index (χ2n) is 3.96. The van der Waals surface area contributed by atoms with E-state index in [4.69, 9.17) is 4.74 Å². The summed E-state index contributed by atoms with van der Waals surface area (Å²) in [7, 11) is 1.65. The smallest absolute Gasteiger partial charge is 0.181 e. The largest absolute Gasteiger partial charge is 0.496 e. The van der Waals surface area contributed by atoms with Crippen LogP contribution in [-0.2, 0) is 6.42 Å². The number of aryl methyl sites for hydroxylation is 1. The summed E-state index contributed by atoms with van der Waals surface area (Å²) in [6.07, 6.45) is 2.43. The van der Waals surface area contributed by atoms with Gasteiger partial charge in [0.25, 0.3) is 0 Å². The molecule has 80 valence electrons. The van der Waals surface area contributed by atoms with Gasteiger partial charge in [0.1, 0.15) is 11.4 Å². The third kappa shape index (κ3) is 1.52. The molecule has 1 aliphatic rings. The van der Waals surface area contributed by atoms with Gasteiger partial charge in [-0.25, -0.2) is 4.98 Å². The molecule has 0 aromatic carbocycles. The van der Waals surface area contributed by atoms with Crippen molar-refractivity contribution in [3.8, 4) is 5.75 Å². The van der Waals surface area contributed by atoms with Crippen LogP contribution < -0.4 is 4.74 Å². The molecule has 1 aliphatic carbocycles. The Morgan fingerprint density at radius 2 is 2.00 bits per heavy atom. The first kappa shape index (κ1) is 10.1. The molecule has 0 saturated heterocycles. The van der Waals surface area contributed by atoms with Crippen molar-refractivity contribution < 1.29 is 9.53 Å². The maximum absolute atomic E-state index is 11.7. The number of methoxy groups -OCH3 is 1. The molecule has 3 heteroatoms. The lowest BCUT2D eigenvalue weighted by Crippen LogP contribution is -2.16. The van der Waals surface area contributed by atoms with E-state index < -0.39 is 0 Å². The molecule has 0 amide bonds. The second kappa shape index (κ2) is 3.65. The fourth-order valence-corrected chi connectivity index (χ4v) is 2.10. The first-order valence-corrected chi connectivity index (χ1v) is 5.22. The van der Waals surface area contributed by atoms with E-state index in [2.05, 4.69) is 4.98 Å². The summed E-state index contributed by atoms with van der Waals surface area (Å²) in [6, 6.07) is 0. The fourth-order valence-electron chi connectivity index (χ4n) is 2.10. The third-order valence-corrected chi connectivity index (χ3v) is 3.02. The number of rotatable bonds is 1. The number of pyridine rings is 1. The molecule has 0 atom stereocenters. The summed E-state index contributed by atoms with van der Waals surface area (Å²) < 4.78 is 5.38. The Balaban J connectivity index is 2.69. The van der Waals surface area contributed by atoms with Crippen LogP contribution in [0.1, 0.15) is 40.2 Å². The van der Waals surface area contributed by atoms with Crippen LogP contribution in [-0.4, -0.2) is 17.9 Å². The maximum Gasteiger partial charge on any atom is 0.181 e. The minimum absolute atomic E-state index is 0.151. The summed E-state index contributed by atoms with van der Waals surface area (Å²) in [5.74, 6) is 1.00. The molecule has 15 heavy (non-hydrogen) atoms. The number of nitrogens with zero attached hydrogens (tertiary/aromatic N) is 1. The number of aromatic nitrogens is 1. The van der Waals surface area contributed by atoms with Crippen molar-refractivity contribution in [1.29, 1.82) is 0 Å². The van der Waals surface area contributed by atoms with Gasteiger partial charge in [-0.05, 0) is 26.7 Å². The highest BCUT2D eigenvalue weighted by molar-refractivity contribution is 5.97. The normalized spacial score (nSPS) is 15.0. The van der Waals surface area contributed by atoms with Gasteiger partial charge in [0.05, 0.1) is 7.11 Å². The fraction of sp³-hybridized carbons (Fsp3) is 0.500. The third-order valence-electron chi connectivity index (χ3n) is 3.02. The zero-order valence-electron chi connectivity index (χ0n) is 9.39. The van der Waals surface area contributed by atoms with Crippen LogP contribution in [0.2, 0.25) is 0 Å². The Bertz CT molecular complexity index is 424. The predicted molar refractivity (Wildman–Crippen MR) is 57.5 cm³/mol. The highest BCUT2D eigenvalue weighted by Crippen LogP contribution is 2.32. The van der Waals surface area contributed by atoms with Crippen LogP contribution in [0, 0.1) is 13.8 Å². The number of fused-ring (bicyclic) bond motifs is 1. The molecule has 1 aromatic rings. The molecule has 0 aliphatic heterocycles. The Morgan fingerprint density at radius 3 is 2.67 bits per heavy atom. The van der Waals surface area contributed by atoms with Crippen molar-refractivity contribution in [2.45, 2.75) is 33.1 Å². The molecule has 1 aromatic heterocycles. The lowest BCUT2D eigenvalue weighted by molar-refractivity contribution is 0.0966. The molecule has 0 spiro atoms. The molecule has 0 saturated carbocycles. The molecular weight excluding hydrogens is 190 g/mol. The zero-order valence-corrected chi connectivity index (χ0v) is 9.39. The van der Waals surface area contributed by atoms with Gasteiger partial charge in [0, 0.05) is 23.2 Å². The number of hydrogen-bond acceptors (Lipinski definition) is 3. The van der Waals surface area contributed by atoms with Crippen LogP contribution in [0.4, 0.5) is 0 Å². The lowest BCUT2D eigenvalue weighted by atomic mass is 9.92. The Hall–Kier alpha value is -1.38. The van der Waals surface area contributed by atoms with Gasteiger partial charge < -0.3 is 4.74 Å². The lowest BCUT2D eigenvalue weighted by Gasteiger charge is -2.19. The first-order chi connectivity index (χ1) is 7.15. The maximum atomic E-state index is 11.7. The second-order valence-corrected chi connectivity index (χ2v) is 3.96. The van der Waals surface area contributed by atoms with Crippen LogP contribution >= 0.6 is 0 Å². The Morgan fingerprint density at radius 1 is 1.27 bits per heavy atom. The zero-order chi connectivity index (χ0) is 11.0. The van der Waals surface area contributed by atoms with Crippen LogP contribution in [0.25, 0.3) is 0 Å². The molecule has 3 nitrogen and oxygen atoms in total. The monoisotopic (exact) mass is 205 g/mol. The summed E-state index contributed by atoms with van der Waals surface area (Å²) in [4.78, 5) is 16.1. The van der Waals surface area contributed by atoms with Crippen molar-refractivity contribution >= 4 is 5.78 Å². The van der Waals surface area contributed by atoms with Gasteiger partial charge >= 0.3 is 0 Å². The molecule has 0 fully saturated rings. The molecule has 1 heterocycles. The van der Waals surface area contributed by atoms with Gasteiger partial charge in [-0.15, -0.1) is 0 Å². The van der Waals surface area contributed by atoms with Crippen LogP contribution in [0.5, 0.6) is 5.75 Å². The molecule has 0 N–H and O–H groups in total. The highest BCUT2D eigenvalue weighted by atomic mass is 16.5. The van der Waals surface area contributed by atoms with E-state index in [-0.39, 0.29) is 5.78 Å². The summed E-state index contributed by atoms with van der Waals surface area (Å²) in [5, 5.41) is 0. The number of ketones is 1. The van der Waals surface area contributed by atoms with E-state index in [0.717, 1.165) is 35.4 Å². The summed E-state index contributed by atoms with van der Waals surface area (Å²) >= 11 is 0. The minimum Gasteiger partial charge on any atom is -0.496 e. The number of carbonyl (C=O) groups excluding carboxylic acids is 1.